The molecule has 1 aliphatic carbocycles. The van der Waals surface area contributed by atoms with Crippen molar-refractivity contribution < 1.29 is 0 Å². The molecule has 2 nitrogen and oxygen atoms in total. The Kier molecular flexibility index (Phi) is 5.90. The van der Waals surface area contributed by atoms with Gasteiger partial charge in [0.2, 0.25) is 0 Å². The summed E-state index contributed by atoms with van der Waals surface area (Å²) in [6.45, 7) is 9.04. The number of nitrogens with one attached hydrogen (secondary N) is 1. The molecule has 0 aliphatic heterocycles. The fourth-order valence-electron chi connectivity index (χ4n) is 2.86. The van der Waals surface area contributed by atoms with Crippen molar-refractivity contribution in [3.8, 4) is 0 Å². The highest BCUT2D eigenvalue weighted by Crippen LogP contribution is 2.32. The molecular weight excluding hydrogens is 244 g/mol. The van der Waals surface area contributed by atoms with Gasteiger partial charge < -0.3 is 10.2 Å². The van der Waals surface area contributed by atoms with Crippen LogP contribution in [0.25, 0.3) is 0 Å². The number of rotatable bonds is 9. The van der Waals surface area contributed by atoms with Gasteiger partial charge in [-0.1, -0.05) is 32.9 Å². The van der Waals surface area contributed by atoms with Crippen LogP contribution in [0.3, 0.4) is 0 Å². The topological polar surface area (TPSA) is 15.3 Å². The van der Waals surface area contributed by atoms with E-state index in [0.29, 0.717) is 6.04 Å². The Labute approximate surface area is 124 Å². The summed E-state index contributed by atoms with van der Waals surface area (Å²) in [7, 11) is 0. The van der Waals surface area contributed by atoms with Gasteiger partial charge in [-0.3, -0.25) is 0 Å². The van der Waals surface area contributed by atoms with Gasteiger partial charge in [-0.05, 0) is 56.3 Å². The average Bonchev–Trinajstić information content (AvgIpc) is 3.31. The van der Waals surface area contributed by atoms with E-state index in [1.807, 2.05) is 0 Å². The second-order valence-corrected chi connectivity index (χ2v) is 5.93. The van der Waals surface area contributed by atoms with Gasteiger partial charge in [-0.2, -0.15) is 0 Å². The van der Waals surface area contributed by atoms with Gasteiger partial charge in [-0.15, -0.1) is 0 Å². The third-order valence-electron chi connectivity index (χ3n) is 4.13. The molecule has 1 N–H and O–H groups in total. The standard InChI is InChI=1S/C18H30N2/c1-4-13-19-18(6-3)15-7-9-16(10-8-15)20(14-5-2)17-11-12-17/h7-10,17-19H,4-6,11-14H2,1-3H3. The molecule has 0 aromatic heterocycles. The molecule has 0 spiro atoms. The normalized spacial score (nSPS) is 16.1. The molecule has 0 heterocycles. The van der Waals surface area contributed by atoms with Crippen molar-refractivity contribution in [2.45, 2.75) is 65.0 Å². The first-order valence-electron chi connectivity index (χ1n) is 8.40. The van der Waals surface area contributed by atoms with Crippen LogP contribution in [0.1, 0.15) is 64.5 Å². The zero-order valence-corrected chi connectivity index (χ0v) is 13.4. The molecule has 1 fully saturated rings. The van der Waals surface area contributed by atoms with Crippen LogP contribution in [0.2, 0.25) is 0 Å². The van der Waals surface area contributed by atoms with E-state index >= 15 is 0 Å². The predicted molar refractivity (Wildman–Crippen MR) is 88.4 cm³/mol. The highest BCUT2D eigenvalue weighted by Gasteiger charge is 2.28. The lowest BCUT2D eigenvalue weighted by molar-refractivity contribution is 0.518. The molecule has 1 unspecified atom stereocenters. The van der Waals surface area contributed by atoms with Gasteiger partial charge in [0.15, 0.2) is 0 Å². The molecule has 1 aliphatic rings. The molecule has 1 saturated carbocycles. The quantitative estimate of drug-likeness (QED) is 0.712. The Morgan fingerprint density at radius 1 is 1.10 bits per heavy atom. The molecule has 112 valence electrons. The molecule has 20 heavy (non-hydrogen) atoms. The summed E-state index contributed by atoms with van der Waals surface area (Å²) in [5.74, 6) is 0. The summed E-state index contributed by atoms with van der Waals surface area (Å²) in [5.41, 5.74) is 2.83. The Balaban J connectivity index is 2.03. The highest BCUT2D eigenvalue weighted by molar-refractivity contribution is 5.50. The summed E-state index contributed by atoms with van der Waals surface area (Å²) >= 11 is 0. The van der Waals surface area contributed by atoms with Crippen molar-refractivity contribution in [2.75, 3.05) is 18.0 Å². The van der Waals surface area contributed by atoms with E-state index < -0.39 is 0 Å². The second-order valence-electron chi connectivity index (χ2n) is 5.93. The van der Waals surface area contributed by atoms with Crippen LogP contribution in [0.5, 0.6) is 0 Å². The van der Waals surface area contributed by atoms with Crippen LogP contribution < -0.4 is 10.2 Å². The minimum Gasteiger partial charge on any atom is -0.369 e. The van der Waals surface area contributed by atoms with Crippen molar-refractivity contribution in [3.05, 3.63) is 29.8 Å². The van der Waals surface area contributed by atoms with E-state index in [9.17, 15) is 0 Å². The molecule has 0 radical (unpaired) electrons. The first-order valence-corrected chi connectivity index (χ1v) is 8.40. The SMILES string of the molecule is CCCNC(CC)c1ccc(N(CCC)C2CC2)cc1. The largest absolute Gasteiger partial charge is 0.369 e. The summed E-state index contributed by atoms with van der Waals surface area (Å²) in [4.78, 5) is 2.59. The molecule has 1 aromatic carbocycles. The fourth-order valence-corrected chi connectivity index (χ4v) is 2.86. The third-order valence-corrected chi connectivity index (χ3v) is 4.13. The summed E-state index contributed by atoms with van der Waals surface area (Å²) in [6.07, 6.45) is 6.32. The van der Waals surface area contributed by atoms with Crippen LogP contribution >= 0.6 is 0 Å². The molecule has 1 atom stereocenters. The average molecular weight is 274 g/mol. The van der Waals surface area contributed by atoms with E-state index in [1.165, 1.54) is 43.5 Å². The van der Waals surface area contributed by atoms with Crippen molar-refractivity contribution in [2.24, 2.45) is 0 Å². The summed E-state index contributed by atoms with van der Waals surface area (Å²) < 4.78 is 0. The van der Waals surface area contributed by atoms with Crippen LogP contribution in [0, 0.1) is 0 Å². The Morgan fingerprint density at radius 3 is 2.30 bits per heavy atom. The Hall–Kier alpha value is -1.02. The van der Waals surface area contributed by atoms with Crippen molar-refractivity contribution in [3.63, 3.8) is 0 Å². The zero-order chi connectivity index (χ0) is 14.4. The maximum Gasteiger partial charge on any atom is 0.0368 e. The minimum absolute atomic E-state index is 0.504. The Bertz CT molecular complexity index is 381. The molecule has 0 amide bonds. The van der Waals surface area contributed by atoms with Crippen molar-refractivity contribution in [1.82, 2.24) is 5.32 Å². The highest BCUT2D eigenvalue weighted by atomic mass is 15.2. The fraction of sp³-hybridized carbons (Fsp3) is 0.667. The van der Waals surface area contributed by atoms with Crippen LogP contribution in [-0.4, -0.2) is 19.1 Å². The Morgan fingerprint density at radius 2 is 1.80 bits per heavy atom. The number of nitrogens with zero attached hydrogens (tertiary/aromatic N) is 1. The zero-order valence-electron chi connectivity index (χ0n) is 13.4. The van der Waals surface area contributed by atoms with Gasteiger partial charge in [0, 0.05) is 24.3 Å². The first kappa shape index (κ1) is 15.4. The molecular formula is C18H30N2. The second kappa shape index (κ2) is 7.68. The lowest BCUT2D eigenvalue weighted by Crippen LogP contribution is -2.26. The van der Waals surface area contributed by atoms with E-state index in [0.717, 1.165) is 19.0 Å². The maximum atomic E-state index is 3.63. The molecule has 2 rings (SSSR count). The number of hydrogen-bond acceptors (Lipinski definition) is 2. The monoisotopic (exact) mass is 274 g/mol. The summed E-state index contributed by atoms with van der Waals surface area (Å²) in [6, 6.07) is 10.6. The number of hydrogen-bond donors (Lipinski definition) is 1. The number of benzene rings is 1. The minimum atomic E-state index is 0.504. The molecule has 1 aromatic rings. The molecule has 2 heteroatoms. The van der Waals surface area contributed by atoms with Gasteiger partial charge in [0.1, 0.15) is 0 Å². The smallest absolute Gasteiger partial charge is 0.0368 e. The van der Waals surface area contributed by atoms with Crippen molar-refractivity contribution in [1.29, 1.82) is 0 Å². The van der Waals surface area contributed by atoms with E-state index in [1.54, 1.807) is 0 Å². The van der Waals surface area contributed by atoms with Gasteiger partial charge in [0.05, 0.1) is 0 Å². The van der Waals surface area contributed by atoms with Gasteiger partial charge in [0.25, 0.3) is 0 Å². The first-order chi connectivity index (χ1) is 9.80. The maximum absolute atomic E-state index is 3.63. The molecule has 0 saturated heterocycles. The van der Waals surface area contributed by atoms with E-state index in [4.69, 9.17) is 0 Å². The third kappa shape index (κ3) is 3.99. The van der Waals surface area contributed by atoms with Crippen LogP contribution in [0.4, 0.5) is 5.69 Å². The lowest BCUT2D eigenvalue weighted by atomic mass is 10.0. The van der Waals surface area contributed by atoms with E-state index in [2.05, 4.69) is 55.3 Å². The van der Waals surface area contributed by atoms with Gasteiger partial charge >= 0.3 is 0 Å². The molecule has 0 bridgehead atoms. The predicted octanol–water partition coefficient (Wildman–Crippen LogP) is 4.52. The van der Waals surface area contributed by atoms with E-state index in [-0.39, 0.29) is 0 Å². The van der Waals surface area contributed by atoms with Crippen LogP contribution in [0.15, 0.2) is 24.3 Å². The van der Waals surface area contributed by atoms with Gasteiger partial charge in [-0.25, -0.2) is 0 Å². The lowest BCUT2D eigenvalue weighted by Gasteiger charge is -2.25. The van der Waals surface area contributed by atoms with Crippen molar-refractivity contribution >= 4 is 5.69 Å². The summed E-state index contributed by atoms with van der Waals surface area (Å²) in [5, 5.41) is 3.63. The number of anilines is 1. The van der Waals surface area contributed by atoms with Crippen LogP contribution in [-0.2, 0) is 0 Å².